The number of piperidine rings is 1. The normalized spacial score (nSPS) is 33.8. The number of piperazine rings is 1. The molecule has 1 aromatic heterocycles. The Bertz CT molecular complexity index is 721. The van der Waals surface area contributed by atoms with Crippen LogP contribution in [0.25, 0.3) is 11.0 Å². The first kappa shape index (κ1) is 11.7. The van der Waals surface area contributed by atoms with Crippen LogP contribution in [0.5, 0.6) is 0 Å². The third-order valence-electron chi connectivity index (χ3n) is 5.41. The highest BCUT2D eigenvalue weighted by molar-refractivity contribution is 6.04. The first-order chi connectivity index (χ1) is 10.3. The molecule has 0 spiro atoms. The highest BCUT2D eigenvalue weighted by atomic mass is 16.5. The number of fused-ring (bicyclic) bond motifs is 3. The van der Waals surface area contributed by atoms with Crippen LogP contribution in [0.2, 0.25) is 0 Å². The maximum absolute atomic E-state index is 13.0. The molecule has 0 N–H and O–H groups in total. The van der Waals surface area contributed by atoms with Crippen LogP contribution in [0.15, 0.2) is 28.8 Å². The summed E-state index contributed by atoms with van der Waals surface area (Å²) < 4.78 is 5.31. The van der Waals surface area contributed by atoms with Gasteiger partial charge in [-0.15, -0.1) is 0 Å². The van der Waals surface area contributed by atoms with E-state index in [1.807, 2.05) is 24.3 Å². The van der Waals surface area contributed by atoms with Crippen LogP contribution in [-0.2, 0) is 0 Å². The average molecular weight is 283 g/mol. The zero-order valence-corrected chi connectivity index (χ0v) is 11.7. The summed E-state index contributed by atoms with van der Waals surface area (Å²) in [5.41, 5.74) is 1.17. The van der Waals surface area contributed by atoms with Gasteiger partial charge in [0, 0.05) is 25.2 Å². The third-order valence-corrected chi connectivity index (χ3v) is 5.41. The minimum Gasteiger partial charge on any atom is -0.355 e. The van der Waals surface area contributed by atoms with Crippen LogP contribution in [0.3, 0.4) is 0 Å². The summed E-state index contributed by atoms with van der Waals surface area (Å²) in [6.07, 6.45) is 2.38. The van der Waals surface area contributed by atoms with Crippen molar-refractivity contribution in [2.24, 2.45) is 5.92 Å². The van der Waals surface area contributed by atoms with Crippen molar-refractivity contribution < 1.29 is 9.32 Å². The van der Waals surface area contributed by atoms with Gasteiger partial charge >= 0.3 is 0 Å². The van der Waals surface area contributed by atoms with Gasteiger partial charge in [0.05, 0.1) is 5.39 Å². The van der Waals surface area contributed by atoms with Crippen molar-refractivity contribution in [3.63, 3.8) is 0 Å². The molecule has 2 aromatic rings. The number of benzene rings is 1. The van der Waals surface area contributed by atoms with E-state index in [1.165, 1.54) is 13.0 Å². The molecule has 3 aliphatic rings. The Kier molecular flexibility index (Phi) is 2.28. The average Bonchev–Trinajstić information content (AvgIpc) is 2.96. The smallest absolute Gasteiger partial charge is 0.277 e. The Hall–Kier alpha value is -1.88. The molecule has 1 unspecified atom stereocenters. The number of aromatic nitrogens is 1. The molecule has 1 aromatic carbocycles. The largest absolute Gasteiger partial charge is 0.355 e. The zero-order chi connectivity index (χ0) is 14.0. The predicted octanol–water partition coefficient (Wildman–Crippen LogP) is 1.75. The minimum absolute atomic E-state index is 0.0546. The summed E-state index contributed by atoms with van der Waals surface area (Å²) in [4.78, 5) is 17.6. The molecule has 1 amide bonds. The molecule has 3 aliphatic heterocycles. The molecule has 3 bridgehead atoms. The Morgan fingerprint density at radius 1 is 1.29 bits per heavy atom. The first-order valence-corrected chi connectivity index (χ1v) is 7.71. The Morgan fingerprint density at radius 2 is 2.19 bits per heavy atom. The highest BCUT2D eigenvalue weighted by Gasteiger charge is 2.51. The van der Waals surface area contributed by atoms with Crippen LogP contribution in [-0.4, -0.2) is 52.6 Å². The second-order valence-corrected chi connectivity index (χ2v) is 6.50. The summed E-state index contributed by atoms with van der Waals surface area (Å²) in [7, 11) is 0. The van der Waals surface area contributed by atoms with E-state index in [9.17, 15) is 4.79 Å². The number of para-hydroxylation sites is 1. The van der Waals surface area contributed by atoms with E-state index in [0.717, 1.165) is 24.9 Å². The number of rotatable bonds is 1. The van der Waals surface area contributed by atoms with Gasteiger partial charge in [-0.3, -0.25) is 9.69 Å². The fourth-order valence-electron chi connectivity index (χ4n) is 4.47. The van der Waals surface area contributed by atoms with Gasteiger partial charge in [0.15, 0.2) is 11.3 Å². The van der Waals surface area contributed by atoms with Gasteiger partial charge in [-0.05, 0) is 37.4 Å². The molecule has 21 heavy (non-hydrogen) atoms. The highest BCUT2D eigenvalue weighted by Crippen LogP contribution is 2.41. The lowest BCUT2D eigenvalue weighted by molar-refractivity contribution is 0.0255. The second kappa shape index (κ2) is 4.07. The summed E-state index contributed by atoms with van der Waals surface area (Å²) in [5, 5.41) is 4.88. The lowest BCUT2D eigenvalue weighted by Crippen LogP contribution is -2.58. The van der Waals surface area contributed by atoms with E-state index in [1.54, 1.807) is 0 Å². The Labute approximate surface area is 122 Å². The molecule has 5 heteroatoms. The van der Waals surface area contributed by atoms with Crippen LogP contribution < -0.4 is 0 Å². The summed E-state index contributed by atoms with van der Waals surface area (Å²) >= 11 is 0. The Morgan fingerprint density at radius 3 is 3.14 bits per heavy atom. The van der Waals surface area contributed by atoms with E-state index in [0.29, 0.717) is 29.3 Å². The summed E-state index contributed by atoms with van der Waals surface area (Å²) in [6, 6.07) is 8.34. The van der Waals surface area contributed by atoms with Crippen molar-refractivity contribution >= 4 is 16.9 Å². The summed E-state index contributed by atoms with van der Waals surface area (Å²) in [5.74, 6) is 0.731. The van der Waals surface area contributed by atoms with Crippen LogP contribution in [0, 0.1) is 5.92 Å². The lowest BCUT2D eigenvalue weighted by Gasteiger charge is -2.44. The number of hydrogen-bond donors (Lipinski definition) is 0. The molecule has 5 nitrogen and oxygen atoms in total. The zero-order valence-electron chi connectivity index (χ0n) is 11.7. The molecule has 108 valence electrons. The van der Waals surface area contributed by atoms with Gasteiger partial charge in [-0.1, -0.05) is 17.3 Å². The van der Waals surface area contributed by atoms with Gasteiger partial charge in [-0.2, -0.15) is 0 Å². The molecular weight excluding hydrogens is 266 g/mol. The van der Waals surface area contributed by atoms with Gasteiger partial charge in [-0.25, -0.2) is 0 Å². The molecule has 0 radical (unpaired) electrons. The van der Waals surface area contributed by atoms with Gasteiger partial charge in [0.25, 0.3) is 5.91 Å². The minimum atomic E-state index is 0.0546. The molecule has 0 aliphatic carbocycles. The van der Waals surface area contributed by atoms with Crippen molar-refractivity contribution in [2.45, 2.75) is 24.9 Å². The van der Waals surface area contributed by atoms with Crippen LogP contribution in [0.4, 0.5) is 0 Å². The van der Waals surface area contributed by atoms with E-state index >= 15 is 0 Å². The number of hydrogen-bond acceptors (Lipinski definition) is 4. The monoisotopic (exact) mass is 283 g/mol. The number of amides is 1. The molecule has 3 fully saturated rings. The quantitative estimate of drug-likeness (QED) is 0.800. The topological polar surface area (TPSA) is 49.6 Å². The predicted molar refractivity (Wildman–Crippen MR) is 76.9 cm³/mol. The van der Waals surface area contributed by atoms with Crippen molar-refractivity contribution in [3.05, 3.63) is 30.0 Å². The van der Waals surface area contributed by atoms with Crippen molar-refractivity contribution in [2.75, 3.05) is 19.6 Å². The molecule has 4 heterocycles. The molecular formula is C16H17N3O2. The maximum Gasteiger partial charge on any atom is 0.277 e. The van der Waals surface area contributed by atoms with Crippen LogP contribution in [0.1, 0.15) is 23.3 Å². The van der Waals surface area contributed by atoms with E-state index in [-0.39, 0.29) is 5.91 Å². The number of nitrogens with zero attached hydrogens (tertiary/aromatic N) is 3. The molecule has 4 atom stereocenters. The van der Waals surface area contributed by atoms with Gasteiger partial charge < -0.3 is 9.42 Å². The lowest BCUT2D eigenvalue weighted by atomic mass is 9.93. The molecule has 5 rings (SSSR count). The van der Waals surface area contributed by atoms with E-state index < -0.39 is 0 Å². The van der Waals surface area contributed by atoms with Crippen LogP contribution >= 0.6 is 0 Å². The van der Waals surface area contributed by atoms with Crippen molar-refractivity contribution in [3.8, 4) is 0 Å². The van der Waals surface area contributed by atoms with Crippen molar-refractivity contribution in [1.29, 1.82) is 0 Å². The molecule has 0 saturated carbocycles. The fourth-order valence-corrected chi connectivity index (χ4v) is 4.47. The SMILES string of the molecule is O=C(c1noc2ccccc12)N1[C@@H]2C[C@H]3CCN(C2)C[C@H]31. The standard InChI is InChI=1S/C16H17N3O2/c20-16(15-12-3-1-2-4-14(12)21-17-15)19-11-7-10-5-6-18(8-11)9-13(10)19/h1-4,10-11,13H,5-9H2/t10-,11-,13-/m1/s1. The third kappa shape index (κ3) is 1.55. The van der Waals surface area contributed by atoms with E-state index in [4.69, 9.17) is 4.52 Å². The van der Waals surface area contributed by atoms with Gasteiger partial charge in [0.1, 0.15) is 0 Å². The number of carbonyl (C=O) groups is 1. The van der Waals surface area contributed by atoms with Crippen molar-refractivity contribution in [1.82, 2.24) is 15.0 Å². The fraction of sp³-hybridized carbons (Fsp3) is 0.500. The molecule has 3 saturated heterocycles. The van der Waals surface area contributed by atoms with E-state index in [2.05, 4.69) is 15.0 Å². The second-order valence-electron chi connectivity index (χ2n) is 6.50. The first-order valence-electron chi connectivity index (χ1n) is 7.71. The van der Waals surface area contributed by atoms with Gasteiger partial charge in [0.2, 0.25) is 0 Å². The maximum atomic E-state index is 13.0. The Balaban J connectivity index is 1.55. The number of carbonyl (C=O) groups excluding carboxylic acids is 1. The summed E-state index contributed by atoms with van der Waals surface area (Å²) in [6.45, 7) is 3.25.